The molecule has 0 amide bonds. The van der Waals surface area contributed by atoms with E-state index in [0.29, 0.717) is 9.49 Å². The number of hydrogen-bond donors (Lipinski definition) is 0. The first-order valence-electron chi connectivity index (χ1n) is 5.86. The summed E-state index contributed by atoms with van der Waals surface area (Å²) < 4.78 is 0.461. The van der Waals surface area contributed by atoms with Crippen molar-refractivity contribution in [3.63, 3.8) is 0 Å². The van der Waals surface area contributed by atoms with Crippen molar-refractivity contribution < 1.29 is 0 Å². The maximum atomic E-state index is 3.82. The Morgan fingerprint density at radius 2 is 1.93 bits per heavy atom. The summed E-state index contributed by atoms with van der Waals surface area (Å²) in [5, 5.41) is 0. The third-order valence-corrected chi connectivity index (χ3v) is 6.13. The minimum absolute atomic E-state index is 0.459. The van der Waals surface area contributed by atoms with Crippen LogP contribution in [0.1, 0.15) is 46.5 Å². The Morgan fingerprint density at radius 1 is 1.33 bits per heavy atom. The molecule has 0 aromatic carbocycles. The third-order valence-electron chi connectivity index (χ3n) is 2.93. The van der Waals surface area contributed by atoms with Gasteiger partial charge in [-0.25, -0.2) is 0 Å². The molecule has 0 radical (unpaired) electrons. The van der Waals surface area contributed by atoms with Crippen molar-refractivity contribution in [2.45, 2.75) is 50.5 Å². The molecule has 15 heavy (non-hydrogen) atoms. The normalized spacial score (nSPS) is 21.3. The van der Waals surface area contributed by atoms with E-state index in [2.05, 4.69) is 50.9 Å². The lowest BCUT2D eigenvalue weighted by Crippen LogP contribution is -2.28. The third kappa shape index (κ3) is 4.86. The lowest BCUT2D eigenvalue weighted by atomic mass is 9.83. The molecule has 2 heteroatoms. The van der Waals surface area contributed by atoms with E-state index in [4.69, 9.17) is 0 Å². The van der Waals surface area contributed by atoms with Crippen LogP contribution in [-0.2, 0) is 0 Å². The highest BCUT2D eigenvalue weighted by Crippen LogP contribution is 2.49. The number of rotatable bonds is 5. The van der Waals surface area contributed by atoms with Crippen LogP contribution in [0.5, 0.6) is 0 Å². The lowest BCUT2D eigenvalue weighted by molar-refractivity contribution is 0.303. The van der Waals surface area contributed by atoms with Crippen molar-refractivity contribution in [1.29, 1.82) is 0 Å². The highest BCUT2D eigenvalue weighted by atomic mass is 32.2. The average Bonchev–Trinajstić information content (AvgIpc) is 2.14. The van der Waals surface area contributed by atoms with Gasteiger partial charge in [-0.05, 0) is 49.5 Å². The molecule has 1 heterocycles. The van der Waals surface area contributed by atoms with Crippen LogP contribution in [0.3, 0.4) is 0 Å². The van der Waals surface area contributed by atoms with Crippen molar-refractivity contribution in [3.8, 4) is 0 Å². The SMILES string of the molecule is C=CCCC(C)(C)CC1(C)SCCCS1. The molecule has 1 fully saturated rings. The van der Waals surface area contributed by atoms with Crippen molar-refractivity contribution >= 4 is 23.5 Å². The molecule has 1 saturated heterocycles. The predicted octanol–water partition coefficient (Wildman–Crippen LogP) is 4.96. The van der Waals surface area contributed by atoms with Gasteiger partial charge >= 0.3 is 0 Å². The highest BCUT2D eigenvalue weighted by Gasteiger charge is 2.34. The molecular weight excluding hydrogens is 220 g/mol. The van der Waals surface area contributed by atoms with Crippen LogP contribution in [0.4, 0.5) is 0 Å². The maximum absolute atomic E-state index is 3.82. The Hall–Kier alpha value is 0.440. The fourth-order valence-corrected chi connectivity index (χ4v) is 5.67. The van der Waals surface area contributed by atoms with Crippen molar-refractivity contribution in [2.75, 3.05) is 11.5 Å². The fourth-order valence-electron chi connectivity index (χ4n) is 2.23. The maximum Gasteiger partial charge on any atom is 0.0588 e. The standard InChI is InChI=1S/C13H24S2/c1-5-6-8-12(2,3)11-13(4)14-9-7-10-15-13/h5H,1,6-11H2,2-4H3. The molecule has 0 bridgehead atoms. The van der Waals surface area contributed by atoms with Crippen molar-refractivity contribution in [2.24, 2.45) is 5.41 Å². The first kappa shape index (κ1) is 13.5. The monoisotopic (exact) mass is 244 g/mol. The Kier molecular flexibility index (Phi) is 5.11. The van der Waals surface area contributed by atoms with Crippen LogP contribution < -0.4 is 0 Å². The van der Waals surface area contributed by atoms with E-state index in [0.717, 1.165) is 6.42 Å². The van der Waals surface area contributed by atoms with E-state index in [1.54, 1.807) is 0 Å². The predicted molar refractivity (Wildman–Crippen MR) is 75.8 cm³/mol. The molecule has 1 rings (SSSR count). The number of allylic oxidation sites excluding steroid dienone is 1. The quantitative estimate of drug-likeness (QED) is 0.627. The highest BCUT2D eigenvalue weighted by molar-refractivity contribution is 8.18. The van der Waals surface area contributed by atoms with E-state index in [1.807, 2.05) is 6.08 Å². The van der Waals surface area contributed by atoms with Crippen LogP contribution in [-0.4, -0.2) is 15.6 Å². The first-order chi connectivity index (χ1) is 6.97. The molecule has 0 unspecified atom stereocenters. The summed E-state index contributed by atoms with van der Waals surface area (Å²) in [5.41, 5.74) is 0.459. The number of thioether (sulfide) groups is 2. The Balaban J connectivity index is 2.46. The summed E-state index contributed by atoms with van der Waals surface area (Å²) in [6.07, 6.45) is 7.18. The Morgan fingerprint density at radius 3 is 2.47 bits per heavy atom. The number of hydrogen-bond acceptors (Lipinski definition) is 2. The minimum Gasteiger partial charge on any atom is -0.144 e. The van der Waals surface area contributed by atoms with E-state index in [9.17, 15) is 0 Å². The second-order valence-corrected chi connectivity index (χ2v) is 8.81. The molecule has 0 saturated carbocycles. The Bertz CT molecular complexity index is 203. The van der Waals surface area contributed by atoms with Gasteiger partial charge in [0.05, 0.1) is 4.08 Å². The summed E-state index contributed by atoms with van der Waals surface area (Å²) in [4.78, 5) is 0. The van der Waals surface area contributed by atoms with Gasteiger partial charge in [-0.1, -0.05) is 19.9 Å². The second kappa shape index (κ2) is 5.67. The lowest BCUT2D eigenvalue weighted by Gasteiger charge is -2.39. The zero-order valence-corrected chi connectivity index (χ0v) is 12.0. The summed E-state index contributed by atoms with van der Waals surface area (Å²) in [6, 6.07) is 0. The average molecular weight is 244 g/mol. The largest absolute Gasteiger partial charge is 0.144 e. The van der Waals surface area contributed by atoms with Gasteiger partial charge in [0.1, 0.15) is 0 Å². The molecule has 1 aliphatic rings. The van der Waals surface area contributed by atoms with Crippen LogP contribution in [0, 0.1) is 5.41 Å². The van der Waals surface area contributed by atoms with E-state index in [-0.39, 0.29) is 0 Å². The molecule has 0 atom stereocenters. The van der Waals surface area contributed by atoms with Crippen LogP contribution in [0.2, 0.25) is 0 Å². The van der Waals surface area contributed by atoms with Crippen molar-refractivity contribution in [3.05, 3.63) is 12.7 Å². The van der Waals surface area contributed by atoms with E-state index < -0.39 is 0 Å². The Labute approximate surface area is 104 Å². The zero-order chi connectivity index (χ0) is 11.4. The van der Waals surface area contributed by atoms with Gasteiger partial charge in [-0.2, -0.15) is 0 Å². The second-order valence-electron chi connectivity index (χ2n) is 5.35. The van der Waals surface area contributed by atoms with Crippen LogP contribution >= 0.6 is 23.5 Å². The zero-order valence-electron chi connectivity index (χ0n) is 10.3. The molecule has 1 aliphatic heterocycles. The summed E-state index contributed by atoms with van der Waals surface area (Å²) in [5.74, 6) is 2.70. The van der Waals surface area contributed by atoms with Gasteiger partial charge in [0.25, 0.3) is 0 Å². The van der Waals surface area contributed by atoms with Crippen LogP contribution in [0.25, 0.3) is 0 Å². The molecule has 0 aromatic rings. The summed E-state index contributed by atoms with van der Waals surface area (Å²) in [7, 11) is 0. The van der Waals surface area contributed by atoms with E-state index in [1.165, 1.54) is 30.8 Å². The molecule has 0 spiro atoms. The molecule has 88 valence electrons. The summed E-state index contributed by atoms with van der Waals surface area (Å²) in [6.45, 7) is 11.0. The smallest absolute Gasteiger partial charge is 0.0588 e. The van der Waals surface area contributed by atoms with Crippen LogP contribution in [0.15, 0.2) is 12.7 Å². The molecule has 0 N–H and O–H groups in total. The fraction of sp³-hybridized carbons (Fsp3) is 0.846. The van der Waals surface area contributed by atoms with Crippen molar-refractivity contribution in [1.82, 2.24) is 0 Å². The van der Waals surface area contributed by atoms with Gasteiger partial charge in [0, 0.05) is 0 Å². The van der Waals surface area contributed by atoms with Gasteiger partial charge in [-0.15, -0.1) is 30.1 Å². The van der Waals surface area contributed by atoms with Gasteiger partial charge in [0.2, 0.25) is 0 Å². The molecule has 0 aliphatic carbocycles. The van der Waals surface area contributed by atoms with Gasteiger partial charge in [0.15, 0.2) is 0 Å². The van der Waals surface area contributed by atoms with E-state index >= 15 is 0 Å². The topological polar surface area (TPSA) is 0 Å². The molecule has 0 aromatic heterocycles. The molecule has 0 nitrogen and oxygen atoms in total. The first-order valence-corrected chi connectivity index (χ1v) is 7.83. The van der Waals surface area contributed by atoms with Gasteiger partial charge in [-0.3, -0.25) is 0 Å². The van der Waals surface area contributed by atoms with Gasteiger partial charge < -0.3 is 0 Å². The summed E-state index contributed by atoms with van der Waals surface area (Å²) >= 11 is 4.33. The molecular formula is C13H24S2. The minimum atomic E-state index is 0.459.